The van der Waals surface area contributed by atoms with E-state index >= 15 is 0 Å². The van der Waals surface area contributed by atoms with Gasteiger partial charge in [0.15, 0.2) is 0 Å². The van der Waals surface area contributed by atoms with Gasteiger partial charge in [-0.05, 0) is 105 Å². The number of hydrogen-bond acceptors (Lipinski definition) is 8. The maximum Gasteiger partial charge on any atom is 0.407 e. The van der Waals surface area contributed by atoms with Crippen molar-refractivity contribution in [2.75, 3.05) is 31.1 Å². The molecule has 2 amide bonds. The lowest BCUT2D eigenvalue weighted by Crippen LogP contribution is -2.46. The number of amides is 2. The van der Waals surface area contributed by atoms with Crippen LogP contribution in [0.4, 0.5) is 15.3 Å². The Bertz CT molecular complexity index is 2350. The van der Waals surface area contributed by atoms with Crippen LogP contribution in [0.25, 0.3) is 44.3 Å². The van der Waals surface area contributed by atoms with Crippen LogP contribution in [-0.2, 0) is 9.47 Å². The number of hydrogen-bond donors (Lipinski definition) is 3. The van der Waals surface area contributed by atoms with Gasteiger partial charge >= 0.3 is 12.2 Å². The van der Waals surface area contributed by atoms with Gasteiger partial charge in [-0.2, -0.15) is 0 Å². The number of benzene rings is 4. The molecule has 0 saturated carbocycles. The van der Waals surface area contributed by atoms with Crippen molar-refractivity contribution in [2.24, 2.45) is 0 Å². The molecule has 11 heteroatoms. The van der Waals surface area contributed by atoms with Crippen LogP contribution in [0.3, 0.4) is 0 Å². The number of carbonyl (C=O) groups is 2. The second-order valence-corrected chi connectivity index (χ2v) is 17.8. The summed E-state index contributed by atoms with van der Waals surface area (Å²) in [6, 6.07) is 41.1. The Labute approximate surface area is 365 Å². The minimum atomic E-state index is -0.478. The number of rotatable bonds is 5. The first-order valence-electron chi connectivity index (χ1n) is 21.2. The van der Waals surface area contributed by atoms with Crippen LogP contribution in [0, 0.1) is 0 Å². The fourth-order valence-corrected chi connectivity index (χ4v) is 7.51. The molecule has 61 heavy (non-hydrogen) atoms. The van der Waals surface area contributed by atoms with E-state index in [0.29, 0.717) is 0 Å². The molecule has 4 aromatic carbocycles. The summed E-state index contributed by atoms with van der Waals surface area (Å²) in [7, 11) is 0. The third-order valence-corrected chi connectivity index (χ3v) is 10.4. The number of halogens is 1. The van der Waals surface area contributed by atoms with E-state index in [-0.39, 0.29) is 24.3 Å². The van der Waals surface area contributed by atoms with Crippen LogP contribution in [0.15, 0.2) is 121 Å². The van der Waals surface area contributed by atoms with Gasteiger partial charge in [-0.15, -0.1) is 0 Å². The Morgan fingerprint density at radius 2 is 1.03 bits per heavy atom. The van der Waals surface area contributed by atoms with Gasteiger partial charge < -0.3 is 30.3 Å². The van der Waals surface area contributed by atoms with Crippen LogP contribution in [0.1, 0.15) is 67.2 Å². The van der Waals surface area contributed by atoms with E-state index in [1.54, 1.807) is 0 Å². The van der Waals surface area contributed by atoms with Gasteiger partial charge in [0.05, 0.1) is 27.4 Å². The maximum atomic E-state index is 12.1. The number of nitrogens with zero attached hydrogens (tertiary/aromatic N) is 3. The smallest absolute Gasteiger partial charge is 0.407 e. The minimum Gasteiger partial charge on any atom is -0.444 e. The average Bonchev–Trinajstić information content (AvgIpc) is 3.24. The molecular formula is C50H59ClN6O4. The third-order valence-electron chi connectivity index (χ3n) is 10.1. The molecule has 0 radical (unpaired) electrons. The standard InChI is InChI=1S/C25H29N3O2.C15H10ClN.C10H20N2O2/c1-25(2,3)30-24(29)26-19-13-15-28(16-14-19)23-17-22(18-9-5-4-6-10-18)27-21-12-8-7-11-20(21)23;16-13-10-15(11-6-2-1-3-7-11)17-14-9-5-4-8-12(13)14;1-10(2,3)14-9(13)12-8-4-6-11-7-5-8/h4-12,17,19H,13-16H2,1-3H3,(H,26,29);1-10H;8,11H,4-7H2,1-3H3,(H,12,13). The Kier molecular flexibility index (Phi) is 15.2. The monoisotopic (exact) mass is 842 g/mol. The van der Waals surface area contributed by atoms with Crippen LogP contribution in [0.5, 0.6) is 0 Å². The molecule has 3 N–H and O–H groups in total. The zero-order valence-electron chi connectivity index (χ0n) is 36.2. The number of piperidine rings is 2. The van der Waals surface area contributed by atoms with E-state index in [4.69, 9.17) is 26.1 Å². The highest BCUT2D eigenvalue weighted by atomic mass is 35.5. The van der Waals surface area contributed by atoms with Crippen molar-refractivity contribution < 1.29 is 19.1 Å². The van der Waals surface area contributed by atoms with Crippen molar-refractivity contribution in [3.63, 3.8) is 0 Å². The fraction of sp³-hybridized carbons (Fsp3) is 0.360. The SMILES string of the molecule is CC(C)(C)OC(=O)NC1CCN(c2cc(-c3ccccc3)nc3ccccc23)CC1.CC(C)(C)OC(=O)NC1CCNCC1.Clc1cc(-c2ccccc2)nc2ccccc12. The molecule has 320 valence electrons. The summed E-state index contributed by atoms with van der Waals surface area (Å²) in [5.41, 5.74) is 6.35. The Hall–Kier alpha value is -5.71. The van der Waals surface area contributed by atoms with Gasteiger partial charge in [-0.3, -0.25) is 0 Å². The largest absolute Gasteiger partial charge is 0.444 e. The zero-order valence-corrected chi connectivity index (χ0v) is 37.0. The summed E-state index contributed by atoms with van der Waals surface area (Å²) in [6.07, 6.45) is 3.11. The van der Waals surface area contributed by atoms with Gasteiger partial charge in [0, 0.05) is 52.8 Å². The molecule has 0 atom stereocenters. The lowest BCUT2D eigenvalue weighted by atomic mass is 10.0. The van der Waals surface area contributed by atoms with Gasteiger partial charge in [-0.25, -0.2) is 19.6 Å². The molecule has 10 nitrogen and oxygen atoms in total. The first-order valence-corrected chi connectivity index (χ1v) is 21.6. The van der Waals surface area contributed by atoms with Gasteiger partial charge in [-0.1, -0.05) is 109 Å². The number of carbonyl (C=O) groups excluding carboxylic acids is 2. The first kappa shape index (κ1) is 44.8. The number of ether oxygens (including phenoxy) is 2. The summed E-state index contributed by atoms with van der Waals surface area (Å²) >= 11 is 6.27. The number of alkyl carbamates (subject to hydrolysis) is 2. The first-order chi connectivity index (χ1) is 29.2. The lowest BCUT2D eigenvalue weighted by Gasteiger charge is -2.35. The number of para-hydroxylation sites is 2. The molecular weight excluding hydrogens is 784 g/mol. The Balaban J connectivity index is 0.000000169. The average molecular weight is 844 g/mol. The highest BCUT2D eigenvalue weighted by Gasteiger charge is 2.25. The number of aromatic nitrogens is 2. The predicted molar refractivity (Wildman–Crippen MR) is 249 cm³/mol. The number of fused-ring (bicyclic) bond motifs is 2. The van der Waals surface area contributed by atoms with Crippen LogP contribution in [-0.4, -0.2) is 71.6 Å². The van der Waals surface area contributed by atoms with Crippen LogP contribution < -0.4 is 20.9 Å². The van der Waals surface area contributed by atoms with Crippen molar-refractivity contribution in [1.82, 2.24) is 25.9 Å². The third kappa shape index (κ3) is 13.6. The van der Waals surface area contributed by atoms with Gasteiger partial charge in [0.2, 0.25) is 0 Å². The van der Waals surface area contributed by atoms with E-state index < -0.39 is 11.2 Å². The predicted octanol–water partition coefficient (Wildman–Crippen LogP) is 11.2. The fourth-order valence-electron chi connectivity index (χ4n) is 7.24. The zero-order chi connectivity index (χ0) is 43.4. The molecule has 2 saturated heterocycles. The van der Waals surface area contributed by atoms with E-state index in [0.717, 1.165) is 101 Å². The molecule has 2 fully saturated rings. The Morgan fingerprint density at radius 1 is 0.607 bits per heavy atom. The molecule has 8 rings (SSSR count). The van der Waals surface area contributed by atoms with Gasteiger partial charge in [0.1, 0.15) is 11.2 Å². The van der Waals surface area contributed by atoms with Crippen molar-refractivity contribution in [2.45, 2.75) is 90.5 Å². The normalized spacial score (nSPS) is 14.8. The second-order valence-electron chi connectivity index (χ2n) is 17.4. The number of anilines is 1. The van der Waals surface area contributed by atoms with E-state index in [2.05, 4.69) is 62.2 Å². The summed E-state index contributed by atoms with van der Waals surface area (Å²) < 4.78 is 10.6. The van der Waals surface area contributed by atoms with Crippen molar-refractivity contribution in [3.8, 4) is 22.5 Å². The highest BCUT2D eigenvalue weighted by molar-refractivity contribution is 6.35. The van der Waals surface area contributed by atoms with E-state index in [9.17, 15) is 9.59 Å². The van der Waals surface area contributed by atoms with Gasteiger partial charge in [0.25, 0.3) is 0 Å². The van der Waals surface area contributed by atoms with Crippen molar-refractivity contribution >= 4 is 51.3 Å². The molecule has 2 aliphatic heterocycles. The molecule has 0 aliphatic carbocycles. The summed E-state index contributed by atoms with van der Waals surface area (Å²) in [5, 5.41) is 12.0. The van der Waals surface area contributed by atoms with E-state index in [1.807, 2.05) is 126 Å². The lowest BCUT2D eigenvalue weighted by molar-refractivity contribution is 0.0484. The quantitative estimate of drug-likeness (QED) is 0.157. The highest BCUT2D eigenvalue weighted by Crippen LogP contribution is 2.33. The maximum absolute atomic E-state index is 12.1. The van der Waals surface area contributed by atoms with Crippen LogP contribution in [0.2, 0.25) is 5.02 Å². The molecule has 4 heterocycles. The minimum absolute atomic E-state index is 0.137. The number of nitrogens with one attached hydrogen (secondary N) is 3. The summed E-state index contributed by atoms with van der Waals surface area (Å²) in [5.74, 6) is 0. The molecule has 2 aromatic heterocycles. The van der Waals surface area contributed by atoms with E-state index in [1.165, 1.54) is 5.69 Å². The van der Waals surface area contributed by atoms with Crippen molar-refractivity contribution in [1.29, 1.82) is 0 Å². The summed E-state index contributed by atoms with van der Waals surface area (Å²) in [4.78, 5) is 35.4. The van der Waals surface area contributed by atoms with Crippen molar-refractivity contribution in [3.05, 3.63) is 126 Å². The molecule has 6 aromatic rings. The number of pyridine rings is 2. The molecule has 0 spiro atoms. The molecule has 0 bridgehead atoms. The van der Waals surface area contributed by atoms with Crippen LogP contribution >= 0.6 is 11.6 Å². The molecule has 0 unspecified atom stereocenters. The Morgan fingerprint density at radius 3 is 1.54 bits per heavy atom. The second kappa shape index (κ2) is 20.7. The topological polar surface area (TPSA) is 118 Å². The molecule has 2 aliphatic rings. The summed E-state index contributed by atoms with van der Waals surface area (Å²) in [6.45, 7) is 15.0.